The van der Waals surface area contributed by atoms with Crippen LogP contribution in [0.15, 0.2) is 24.3 Å². The van der Waals surface area contributed by atoms with Gasteiger partial charge in [0.2, 0.25) is 0 Å². The minimum absolute atomic E-state index is 0.0421. The molecule has 0 saturated heterocycles. The van der Waals surface area contributed by atoms with Crippen LogP contribution in [0.4, 0.5) is 10.5 Å². The van der Waals surface area contributed by atoms with Gasteiger partial charge in [0.15, 0.2) is 0 Å². The largest absolute Gasteiger partial charge is 0.383 e. The standard InChI is InChI=1S/C13H18N2O2/c1-10-9-11-5-3-4-6-12(11)15(10)13(16)14-7-8-17-2/h3-6,10H,7-9H2,1-2H3,(H,14,16). The summed E-state index contributed by atoms with van der Waals surface area (Å²) in [6.45, 7) is 3.15. The Hall–Kier alpha value is -1.55. The smallest absolute Gasteiger partial charge is 0.322 e. The Balaban J connectivity index is 2.08. The first-order valence-corrected chi connectivity index (χ1v) is 5.88. The molecule has 0 saturated carbocycles. The van der Waals surface area contributed by atoms with Crippen molar-refractivity contribution in [3.63, 3.8) is 0 Å². The van der Waals surface area contributed by atoms with Crippen molar-refractivity contribution in [1.82, 2.24) is 5.32 Å². The van der Waals surface area contributed by atoms with Gasteiger partial charge in [-0.25, -0.2) is 4.79 Å². The van der Waals surface area contributed by atoms with E-state index in [0.717, 1.165) is 12.1 Å². The fourth-order valence-corrected chi connectivity index (χ4v) is 2.22. The monoisotopic (exact) mass is 234 g/mol. The van der Waals surface area contributed by atoms with Crippen molar-refractivity contribution in [3.8, 4) is 0 Å². The maximum absolute atomic E-state index is 12.1. The molecule has 0 spiro atoms. The van der Waals surface area contributed by atoms with Crippen LogP contribution in [0.3, 0.4) is 0 Å². The van der Waals surface area contributed by atoms with Crippen LogP contribution in [0.25, 0.3) is 0 Å². The van der Waals surface area contributed by atoms with E-state index in [1.54, 1.807) is 7.11 Å². The molecule has 2 rings (SSSR count). The second-order valence-electron chi connectivity index (χ2n) is 4.28. The number of benzene rings is 1. The number of anilines is 1. The number of nitrogens with zero attached hydrogens (tertiary/aromatic N) is 1. The zero-order chi connectivity index (χ0) is 12.3. The van der Waals surface area contributed by atoms with Gasteiger partial charge in [0.05, 0.1) is 6.61 Å². The van der Waals surface area contributed by atoms with Crippen molar-refractivity contribution < 1.29 is 9.53 Å². The predicted molar refractivity (Wildman–Crippen MR) is 67.4 cm³/mol. The average Bonchev–Trinajstić information content (AvgIpc) is 2.65. The Bertz CT molecular complexity index is 406. The number of fused-ring (bicyclic) bond motifs is 1. The van der Waals surface area contributed by atoms with Gasteiger partial charge in [-0.3, -0.25) is 4.90 Å². The Kier molecular flexibility index (Phi) is 3.64. The Morgan fingerprint density at radius 1 is 1.53 bits per heavy atom. The van der Waals surface area contributed by atoms with E-state index >= 15 is 0 Å². The van der Waals surface area contributed by atoms with Gasteiger partial charge in [-0.1, -0.05) is 18.2 Å². The lowest BCUT2D eigenvalue weighted by Crippen LogP contribution is -2.44. The van der Waals surface area contributed by atoms with Crippen LogP contribution in [-0.4, -0.2) is 32.3 Å². The first kappa shape index (κ1) is 11.9. The number of para-hydroxylation sites is 1. The molecule has 0 aliphatic carbocycles. The second kappa shape index (κ2) is 5.19. The Labute approximate surface area is 102 Å². The highest BCUT2D eigenvalue weighted by Gasteiger charge is 2.30. The van der Waals surface area contributed by atoms with Crippen LogP contribution >= 0.6 is 0 Å². The minimum Gasteiger partial charge on any atom is -0.383 e. The van der Waals surface area contributed by atoms with Crippen LogP contribution in [0.5, 0.6) is 0 Å². The van der Waals surface area contributed by atoms with Crippen molar-refractivity contribution in [2.24, 2.45) is 0 Å². The molecule has 0 bridgehead atoms. The predicted octanol–water partition coefficient (Wildman–Crippen LogP) is 1.79. The zero-order valence-corrected chi connectivity index (χ0v) is 10.3. The summed E-state index contributed by atoms with van der Waals surface area (Å²) in [5, 5.41) is 2.86. The maximum Gasteiger partial charge on any atom is 0.322 e. The number of methoxy groups -OCH3 is 1. The van der Waals surface area contributed by atoms with Crippen LogP contribution in [-0.2, 0) is 11.2 Å². The Morgan fingerprint density at radius 3 is 3.06 bits per heavy atom. The zero-order valence-electron chi connectivity index (χ0n) is 10.3. The SMILES string of the molecule is COCCNC(=O)N1c2ccccc2CC1C. The van der Waals surface area contributed by atoms with Gasteiger partial charge >= 0.3 is 6.03 Å². The quantitative estimate of drug-likeness (QED) is 0.810. The third-order valence-corrected chi connectivity index (χ3v) is 3.01. The molecule has 1 aliphatic rings. The van der Waals surface area contributed by atoms with E-state index in [9.17, 15) is 4.79 Å². The maximum atomic E-state index is 12.1. The van der Waals surface area contributed by atoms with E-state index in [0.29, 0.717) is 13.2 Å². The van der Waals surface area contributed by atoms with Crippen LogP contribution in [0, 0.1) is 0 Å². The van der Waals surface area contributed by atoms with Crippen molar-refractivity contribution in [1.29, 1.82) is 0 Å². The van der Waals surface area contributed by atoms with E-state index in [2.05, 4.69) is 18.3 Å². The number of carbonyl (C=O) groups is 1. The highest BCUT2D eigenvalue weighted by molar-refractivity contribution is 5.94. The van der Waals surface area contributed by atoms with E-state index in [-0.39, 0.29) is 12.1 Å². The molecule has 4 heteroatoms. The van der Waals surface area contributed by atoms with Gasteiger partial charge in [-0.15, -0.1) is 0 Å². The van der Waals surface area contributed by atoms with Crippen LogP contribution in [0.2, 0.25) is 0 Å². The third-order valence-electron chi connectivity index (χ3n) is 3.01. The van der Waals surface area contributed by atoms with Crippen molar-refractivity contribution >= 4 is 11.7 Å². The van der Waals surface area contributed by atoms with Crippen molar-refractivity contribution in [2.45, 2.75) is 19.4 Å². The minimum atomic E-state index is -0.0421. The molecule has 4 nitrogen and oxygen atoms in total. The molecule has 0 radical (unpaired) electrons. The third kappa shape index (κ3) is 2.42. The normalized spacial score (nSPS) is 18.0. The van der Waals surface area contributed by atoms with Gasteiger partial charge in [-0.2, -0.15) is 0 Å². The number of hydrogen-bond acceptors (Lipinski definition) is 2. The fourth-order valence-electron chi connectivity index (χ4n) is 2.22. The molecule has 1 heterocycles. The summed E-state index contributed by atoms with van der Waals surface area (Å²) in [5.74, 6) is 0. The van der Waals surface area contributed by atoms with Gasteiger partial charge < -0.3 is 10.1 Å². The molecule has 1 unspecified atom stereocenters. The summed E-state index contributed by atoms with van der Waals surface area (Å²) in [6, 6.07) is 8.22. The Morgan fingerprint density at radius 2 is 2.29 bits per heavy atom. The van der Waals surface area contributed by atoms with Crippen molar-refractivity contribution in [2.75, 3.05) is 25.2 Å². The molecule has 0 aromatic heterocycles. The molecular weight excluding hydrogens is 216 g/mol. The highest BCUT2D eigenvalue weighted by atomic mass is 16.5. The number of amides is 2. The molecule has 1 N–H and O–H groups in total. The molecule has 0 fully saturated rings. The lowest BCUT2D eigenvalue weighted by Gasteiger charge is -2.23. The number of hydrogen-bond donors (Lipinski definition) is 1. The number of nitrogens with one attached hydrogen (secondary N) is 1. The van der Waals surface area contributed by atoms with E-state index in [1.807, 2.05) is 23.1 Å². The summed E-state index contributed by atoms with van der Waals surface area (Å²) in [5.41, 5.74) is 2.26. The van der Waals surface area contributed by atoms with Gasteiger partial charge in [-0.05, 0) is 25.0 Å². The topological polar surface area (TPSA) is 41.6 Å². The molecule has 17 heavy (non-hydrogen) atoms. The molecule has 1 atom stereocenters. The number of urea groups is 1. The van der Waals surface area contributed by atoms with Crippen LogP contribution < -0.4 is 10.2 Å². The van der Waals surface area contributed by atoms with Gasteiger partial charge in [0, 0.05) is 25.4 Å². The molecule has 92 valence electrons. The number of ether oxygens (including phenoxy) is 1. The summed E-state index contributed by atoms with van der Waals surface area (Å²) in [6.07, 6.45) is 0.924. The number of carbonyl (C=O) groups excluding carboxylic acids is 1. The highest BCUT2D eigenvalue weighted by Crippen LogP contribution is 2.31. The lowest BCUT2D eigenvalue weighted by molar-refractivity contribution is 0.197. The van der Waals surface area contributed by atoms with Gasteiger partial charge in [0.25, 0.3) is 0 Å². The van der Waals surface area contributed by atoms with Crippen molar-refractivity contribution in [3.05, 3.63) is 29.8 Å². The lowest BCUT2D eigenvalue weighted by atomic mass is 10.1. The van der Waals surface area contributed by atoms with E-state index in [1.165, 1.54) is 5.56 Å². The first-order chi connectivity index (χ1) is 8.24. The van der Waals surface area contributed by atoms with E-state index < -0.39 is 0 Å². The average molecular weight is 234 g/mol. The van der Waals surface area contributed by atoms with Gasteiger partial charge in [0.1, 0.15) is 0 Å². The second-order valence-corrected chi connectivity index (χ2v) is 4.28. The fraction of sp³-hybridized carbons (Fsp3) is 0.462. The summed E-state index contributed by atoms with van der Waals surface area (Å²) in [4.78, 5) is 13.9. The first-order valence-electron chi connectivity index (χ1n) is 5.88. The molecule has 2 amide bonds. The van der Waals surface area contributed by atoms with E-state index in [4.69, 9.17) is 4.74 Å². The molecule has 1 aromatic rings. The summed E-state index contributed by atoms with van der Waals surface area (Å²) < 4.78 is 4.92. The molecule has 1 aromatic carbocycles. The number of rotatable bonds is 3. The molecule has 1 aliphatic heterocycles. The summed E-state index contributed by atoms with van der Waals surface area (Å²) in [7, 11) is 1.62. The summed E-state index contributed by atoms with van der Waals surface area (Å²) >= 11 is 0. The van der Waals surface area contributed by atoms with Crippen LogP contribution in [0.1, 0.15) is 12.5 Å². The molecular formula is C13H18N2O2.